The van der Waals surface area contributed by atoms with Gasteiger partial charge >= 0.3 is 24.1 Å². The lowest BCUT2D eigenvalue weighted by Gasteiger charge is -2.00. The maximum Gasteiger partial charge on any atom is 0.513 e. The van der Waals surface area contributed by atoms with Gasteiger partial charge in [-0.2, -0.15) is 0 Å². The Morgan fingerprint density at radius 3 is 2.10 bits per heavy atom. The smallest absolute Gasteiger partial charge is 0.449 e. The largest absolute Gasteiger partial charge is 0.513 e. The number of hydrogen-bond donors (Lipinski definition) is 1. The van der Waals surface area contributed by atoms with Crippen molar-refractivity contribution in [1.82, 2.24) is 0 Å². The maximum absolute atomic E-state index is 11.3. The molecule has 0 atom stereocenters. The van der Waals surface area contributed by atoms with Gasteiger partial charge in [0.25, 0.3) is 0 Å². The van der Waals surface area contributed by atoms with Crippen LogP contribution < -0.4 is 0 Å². The van der Waals surface area contributed by atoms with E-state index in [9.17, 15) is 19.2 Å². The Balaban J connectivity index is 2.40. The zero-order valence-electron chi connectivity index (χ0n) is 9.85. The van der Waals surface area contributed by atoms with Crippen molar-refractivity contribution in [3.8, 4) is 0 Å². The molecule has 0 aliphatic carbocycles. The lowest BCUT2D eigenvalue weighted by atomic mass is 10.2. The molecule has 1 aromatic rings. The van der Waals surface area contributed by atoms with Gasteiger partial charge in [0.05, 0.1) is 5.56 Å². The molecule has 0 saturated carbocycles. The summed E-state index contributed by atoms with van der Waals surface area (Å²) < 4.78 is 3.67. The Kier molecular flexibility index (Phi) is 5.45. The maximum atomic E-state index is 11.3. The van der Waals surface area contributed by atoms with Crippen LogP contribution in [0.5, 0.6) is 0 Å². The molecule has 1 N–H and O–H groups in total. The van der Waals surface area contributed by atoms with Gasteiger partial charge < -0.3 is 9.84 Å². The van der Waals surface area contributed by atoms with Crippen LogP contribution in [0.3, 0.4) is 0 Å². The fraction of sp³-hybridized carbons (Fsp3) is 0. The predicted octanol–water partition coefficient (Wildman–Crippen LogP) is 1.08. The first-order valence-electron chi connectivity index (χ1n) is 5.09. The van der Waals surface area contributed by atoms with Gasteiger partial charge in [0.2, 0.25) is 0 Å². The molecule has 0 fully saturated rings. The van der Waals surface area contributed by atoms with Gasteiger partial charge in [0.1, 0.15) is 0 Å². The highest BCUT2D eigenvalue weighted by atomic mass is 17.2. The van der Waals surface area contributed by atoms with Crippen LogP contribution in [0.15, 0.2) is 42.5 Å². The third-order valence-corrected chi connectivity index (χ3v) is 1.75. The molecule has 1 aromatic carbocycles. The first kappa shape index (κ1) is 14.9. The highest BCUT2D eigenvalue weighted by Gasteiger charge is 2.11. The summed E-state index contributed by atoms with van der Waals surface area (Å²) in [5.41, 5.74) is 0.162. The third kappa shape index (κ3) is 5.45. The van der Waals surface area contributed by atoms with Gasteiger partial charge in [-0.15, -0.1) is 0 Å². The van der Waals surface area contributed by atoms with Crippen LogP contribution in [0.25, 0.3) is 0 Å². The van der Waals surface area contributed by atoms with E-state index in [2.05, 4.69) is 14.5 Å². The minimum absolute atomic E-state index is 0.162. The summed E-state index contributed by atoms with van der Waals surface area (Å²) in [5, 5.41) is 8.09. The van der Waals surface area contributed by atoms with Crippen LogP contribution in [-0.2, 0) is 24.1 Å². The Morgan fingerprint density at radius 1 is 0.900 bits per heavy atom. The monoisotopic (exact) mass is 280 g/mol. The molecular formula is C12H8O8. The molecule has 20 heavy (non-hydrogen) atoms. The average molecular weight is 280 g/mol. The van der Waals surface area contributed by atoms with Gasteiger partial charge in [0.15, 0.2) is 0 Å². The fourth-order valence-corrected chi connectivity index (χ4v) is 0.985. The zero-order chi connectivity index (χ0) is 15.0. The predicted molar refractivity (Wildman–Crippen MR) is 61.2 cm³/mol. The second kappa shape index (κ2) is 7.31. The molecule has 0 unspecified atom stereocenters. The summed E-state index contributed by atoms with van der Waals surface area (Å²) in [4.78, 5) is 51.3. The molecule has 104 valence electrons. The number of carbonyl (C=O) groups excluding carboxylic acids is 3. The van der Waals surface area contributed by atoms with Crippen LogP contribution >= 0.6 is 0 Å². The number of hydrogen-bond acceptors (Lipinski definition) is 7. The van der Waals surface area contributed by atoms with E-state index in [-0.39, 0.29) is 5.56 Å². The van der Waals surface area contributed by atoms with Gasteiger partial charge in [-0.25, -0.2) is 29.0 Å². The fourth-order valence-electron chi connectivity index (χ4n) is 0.985. The third-order valence-electron chi connectivity index (χ3n) is 1.75. The average Bonchev–Trinajstić information content (AvgIpc) is 2.42. The zero-order valence-corrected chi connectivity index (χ0v) is 9.85. The van der Waals surface area contributed by atoms with Crippen LogP contribution in [0.2, 0.25) is 0 Å². The summed E-state index contributed by atoms with van der Waals surface area (Å²) in [6.07, 6.45) is -0.764. The topological polar surface area (TPSA) is 116 Å². The molecule has 0 amide bonds. The van der Waals surface area contributed by atoms with Gasteiger partial charge in [-0.05, 0) is 12.1 Å². The van der Waals surface area contributed by atoms with Crippen molar-refractivity contribution in [2.24, 2.45) is 0 Å². The first-order chi connectivity index (χ1) is 9.49. The molecule has 0 radical (unpaired) electrons. The minimum Gasteiger partial charge on any atom is -0.449 e. The van der Waals surface area contributed by atoms with Crippen molar-refractivity contribution >= 4 is 24.1 Å². The van der Waals surface area contributed by atoms with Gasteiger partial charge in [0, 0.05) is 12.2 Å². The molecule has 0 heterocycles. The SMILES string of the molecule is O=C(O)OC(=O)/C=C\C(=O)OOC(=O)c1ccccc1. The van der Waals surface area contributed by atoms with E-state index in [1.165, 1.54) is 12.1 Å². The second-order valence-corrected chi connectivity index (χ2v) is 3.16. The molecular weight excluding hydrogens is 272 g/mol. The molecule has 8 nitrogen and oxygen atoms in total. The molecule has 0 aliphatic rings. The quantitative estimate of drug-likeness (QED) is 0.287. The van der Waals surface area contributed by atoms with Crippen molar-refractivity contribution in [1.29, 1.82) is 0 Å². The Hall–Kier alpha value is -3.16. The number of carboxylic acid groups (broad SMARTS) is 1. The van der Waals surface area contributed by atoms with E-state index in [1.54, 1.807) is 18.2 Å². The van der Waals surface area contributed by atoms with Crippen LogP contribution in [0.1, 0.15) is 10.4 Å². The van der Waals surface area contributed by atoms with E-state index < -0.39 is 24.1 Å². The van der Waals surface area contributed by atoms with Crippen LogP contribution in [-0.4, -0.2) is 29.2 Å². The summed E-state index contributed by atoms with van der Waals surface area (Å²) >= 11 is 0. The molecule has 8 heteroatoms. The number of benzene rings is 1. The number of rotatable bonds is 3. The Labute approximate surface area is 112 Å². The lowest BCUT2D eigenvalue weighted by molar-refractivity contribution is -0.228. The number of esters is 1. The first-order valence-corrected chi connectivity index (χ1v) is 5.09. The lowest BCUT2D eigenvalue weighted by Crippen LogP contribution is -2.11. The highest BCUT2D eigenvalue weighted by molar-refractivity contribution is 5.95. The van der Waals surface area contributed by atoms with Crippen molar-refractivity contribution < 1.29 is 38.8 Å². The molecule has 0 aliphatic heterocycles. The van der Waals surface area contributed by atoms with E-state index >= 15 is 0 Å². The van der Waals surface area contributed by atoms with E-state index in [0.29, 0.717) is 12.2 Å². The standard InChI is InChI=1S/C12H8O8/c13-9(18-12(16)17)6-7-10(14)19-20-11(15)8-4-2-1-3-5-8/h1-7H,(H,16,17)/b7-6-. The van der Waals surface area contributed by atoms with Crippen LogP contribution in [0, 0.1) is 0 Å². The van der Waals surface area contributed by atoms with E-state index in [0.717, 1.165) is 0 Å². The molecule has 0 spiro atoms. The number of carbonyl (C=O) groups is 4. The van der Waals surface area contributed by atoms with Crippen molar-refractivity contribution in [2.45, 2.75) is 0 Å². The summed E-state index contributed by atoms with van der Waals surface area (Å²) in [7, 11) is 0. The molecule has 0 saturated heterocycles. The Bertz CT molecular complexity index is 546. The van der Waals surface area contributed by atoms with Gasteiger partial charge in [-0.3, -0.25) is 0 Å². The molecule has 0 aromatic heterocycles. The molecule has 0 bridgehead atoms. The van der Waals surface area contributed by atoms with Crippen LogP contribution in [0.4, 0.5) is 4.79 Å². The van der Waals surface area contributed by atoms with Gasteiger partial charge in [-0.1, -0.05) is 18.2 Å². The van der Waals surface area contributed by atoms with Crippen molar-refractivity contribution in [2.75, 3.05) is 0 Å². The van der Waals surface area contributed by atoms with E-state index in [4.69, 9.17) is 5.11 Å². The number of ether oxygens (including phenoxy) is 1. The Morgan fingerprint density at radius 2 is 1.50 bits per heavy atom. The van der Waals surface area contributed by atoms with E-state index in [1.807, 2.05) is 0 Å². The van der Waals surface area contributed by atoms with Crippen molar-refractivity contribution in [3.63, 3.8) is 0 Å². The second-order valence-electron chi connectivity index (χ2n) is 3.16. The normalized spacial score (nSPS) is 9.80. The summed E-state index contributed by atoms with van der Waals surface area (Å²) in [6, 6.07) is 7.73. The molecule has 1 rings (SSSR count). The summed E-state index contributed by atoms with van der Waals surface area (Å²) in [5.74, 6) is -3.37. The highest BCUT2D eigenvalue weighted by Crippen LogP contribution is 2.01. The van der Waals surface area contributed by atoms with Crippen molar-refractivity contribution in [3.05, 3.63) is 48.0 Å². The minimum atomic E-state index is -1.82. The summed E-state index contributed by atoms with van der Waals surface area (Å²) in [6.45, 7) is 0.